The first-order valence-corrected chi connectivity index (χ1v) is 8.41. The Labute approximate surface area is 115 Å². The highest BCUT2D eigenvalue weighted by atomic mass is 32.2. The number of allylic oxidation sites excluding steroid dienone is 5. The van der Waals surface area contributed by atoms with Gasteiger partial charge < -0.3 is 5.73 Å². The first-order chi connectivity index (χ1) is 9.13. The number of nitrogens with two attached hydrogens (primary N) is 1. The van der Waals surface area contributed by atoms with E-state index < -0.39 is 15.3 Å². The van der Waals surface area contributed by atoms with Crippen LogP contribution >= 0.6 is 0 Å². The second kappa shape index (κ2) is 6.50. The molecule has 0 bridgehead atoms. The summed E-state index contributed by atoms with van der Waals surface area (Å²) in [6, 6.07) is 0. The Hall–Kier alpha value is -0.910. The van der Waals surface area contributed by atoms with Gasteiger partial charge >= 0.3 is 0 Å². The second-order valence-corrected chi connectivity index (χ2v) is 7.00. The summed E-state index contributed by atoms with van der Waals surface area (Å²) in [6.07, 6.45) is 14.3. The van der Waals surface area contributed by atoms with Gasteiger partial charge in [-0.15, -0.1) is 0 Å². The molecule has 2 atom stereocenters. The van der Waals surface area contributed by atoms with Crippen molar-refractivity contribution in [3.63, 3.8) is 0 Å². The molecule has 0 aromatic rings. The minimum atomic E-state index is -3.25. The standard InChI is InChI=1S/C14H22N2O2S/c15-10-11-16-19(17,18)14-8-6-13(7-9-14)12-4-2-1-3-5-12/h2,4-6,8,13-14,16H,1,3,7,9-11,15H2. The summed E-state index contributed by atoms with van der Waals surface area (Å²) in [5.41, 5.74) is 6.65. The van der Waals surface area contributed by atoms with Crippen molar-refractivity contribution < 1.29 is 8.42 Å². The molecule has 0 heterocycles. The first-order valence-electron chi connectivity index (χ1n) is 6.87. The van der Waals surface area contributed by atoms with Crippen molar-refractivity contribution in [2.45, 2.75) is 30.9 Å². The van der Waals surface area contributed by atoms with Crippen LogP contribution < -0.4 is 10.5 Å². The van der Waals surface area contributed by atoms with Gasteiger partial charge in [-0.1, -0.05) is 30.4 Å². The van der Waals surface area contributed by atoms with Gasteiger partial charge in [-0.3, -0.25) is 0 Å². The molecule has 0 saturated heterocycles. The summed E-state index contributed by atoms with van der Waals surface area (Å²) in [7, 11) is -3.25. The Morgan fingerprint density at radius 2 is 2.11 bits per heavy atom. The predicted octanol–water partition coefficient (Wildman–Crippen LogP) is 1.48. The Morgan fingerprint density at radius 3 is 2.68 bits per heavy atom. The molecule has 5 heteroatoms. The van der Waals surface area contributed by atoms with Gasteiger partial charge in [0.1, 0.15) is 0 Å². The molecule has 3 N–H and O–H groups in total. The SMILES string of the molecule is NCCNS(=O)(=O)C1C=CC(C2=CCCC=C2)CC1. The van der Waals surface area contributed by atoms with Gasteiger partial charge in [0.2, 0.25) is 10.0 Å². The third-order valence-corrected chi connectivity index (χ3v) is 5.41. The lowest BCUT2D eigenvalue weighted by Crippen LogP contribution is -2.37. The van der Waals surface area contributed by atoms with Crippen molar-refractivity contribution in [3.05, 3.63) is 36.0 Å². The molecule has 19 heavy (non-hydrogen) atoms. The highest BCUT2D eigenvalue weighted by Crippen LogP contribution is 2.29. The van der Waals surface area contributed by atoms with E-state index in [1.165, 1.54) is 5.57 Å². The Balaban J connectivity index is 1.99. The van der Waals surface area contributed by atoms with Crippen LogP contribution in [-0.4, -0.2) is 26.8 Å². The number of nitrogens with one attached hydrogen (secondary N) is 1. The Morgan fingerprint density at radius 1 is 1.26 bits per heavy atom. The van der Waals surface area contributed by atoms with Crippen LogP contribution in [0.15, 0.2) is 36.0 Å². The van der Waals surface area contributed by atoms with Crippen LogP contribution in [-0.2, 0) is 10.0 Å². The summed E-state index contributed by atoms with van der Waals surface area (Å²) < 4.78 is 26.5. The minimum Gasteiger partial charge on any atom is -0.329 e. The lowest BCUT2D eigenvalue weighted by molar-refractivity contribution is 0.547. The van der Waals surface area contributed by atoms with Crippen molar-refractivity contribution in [3.8, 4) is 0 Å². The van der Waals surface area contributed by atoms with Gasteiger partial charge in [0.15, 0.2) is 0 Å². The monoisotopic (exact) mass is 282 g/mol. The molecule has 0 aromatic carbocycles. The first kappa shape index (κ1) is 14.5. The number of hydrogen-bond acceptors (Lipinski definition) is 3. The summed E-state index contributed by atoms with van der Waals surface area (Å²) in [5.74, 6) is 0.373. The second-order valence-electron chi connectivity index (χ2n) is 5.02. The van der Waals surface area contributed by atoms with Gasteiger partial charge in [-0.2, -0.15) is 0 Å². The van der Waals surface area contributed by atoms with Crippen LogP contribution in [0.3, 0.4) is 0 Å². The molecule has 0 amide bonds. The maximum atomic E-state index is 12.0. The van der Waals surface area contributed by atoms with Crippen molar-refractivity contribution in [1.82, 2.24) is 4.72 Å². The molecule has 2 unspecified atom stereocenters. The molecule has 2 rings (SSSR count). The molecule has 0 fully saturated rings. The average molecular weight is 282 g/mol. The molecule has 0 aromatic heterocycles. The van der Waals surface area contributed by atoms with E-state index in [0.29, 0.717) is 25.4 Å². The summed E-state index contributed by atoms with van der Waals surface area (Å²) in [6.45, 7) is 0.639. The van der Waals surface area contributed by atoms with Crippen molar-refractivity contribution >= 4 is 10.0 Å². The summed E-state index contributed by atoms with van der Waals surface area (Å²) >= 11 is 0. The molecule has 0 spiro atoms. The molecular weight excluding hydrogens is 260 g/mol. The quantitative estimate of drug-likeness (QED) is 0.750. The van der Waals surface area contributed by atoms with E-state index >= 15 is 0 Å². The number of sulfonamides is 1. The molecule has 4 nitrogen and oxygen atoms in total. The third-order valence-electron chi connectivity index (χ3n) is 3.62. The number of rotatable bonds is 5. The highest BCUT2D eigenvalue weighted by molar-refractivity contribution is 7.90. The van der Waals surface area contributed by atoms with Gasteiger partial charge in [0.05, 0.1) is 5.25 Å². The lowest BCUT2D eigenvalue weighted by Gasteiger charge is -2.24. The van der Waals surface area contributed by atoms with E-state index in [9.17, 15) is 8.42 Å². The minimum absolute atomic E-state index is 0.310. The molecule has 2 aliphatic rings. The smallest absolute Gasteiger partial charge is 0.218 e. The molecule has 0 aliphatic heterocycles. The van der Waals surface area contributed by atoms with Crippen LogP contribution in [0, 0.1) is 5.92 Å². The van der Waals surface area contributed by atoms with E-state index in [-0.39, 0.29) is 0 Å². The fourth-order valence-electron chi connectivity index (χ4n) is 2.55. The van der Waals surface area contributed by atoms with Gasteiger partial charge in [0.25, 0.3) is 0 Å². The summed E-state index contributed by atoms with van der Waals surface area (Å²) in [5, 5.41) is -0.413. The van der Waals surface area contributed by atoms with E-state index in [4.69, 9.17) is 5.73 Å². The zero-order valence-corrected chi connectivity index (χ0v) is 11.9. The van der Waals surface area contributed by atoms with E-state index in [2.05, 4.69) is 23.0 Å². The third kappa shape index (κ3) is 3.78. The molecule has 0 saturated carbocycles. The fraction of sp³-hybridized carbons (Fsp3) is 0.571. The summed E-state index contributed by atoms with van der Waals surface area (Å²) in [4.78, 5) is 0. The molecule has 2 aliphatic carbocycles. The zero-order chi connectivity index (χ0) is 13.7. The molecule has 0 radical (unpaired) electrons. The molecular formula is C14H22N2O2S. The number of hydrogen-bond donors (Lipinski definition) is 2. The fourth-order valence-corrected chi connectivity index (χ4v) is 3.91. The highest BCUT2D eigenvalue weighted by Gasteiger charge is 2.27. The van der Waals surface area contributed by atoms with Crippen LogP contribution in [0.5, 0.6) is 0 Å². The lowest BCUT2D eigenvalue weighted by atomic mass is 9.86. The van der Waals surface area contributed by atoms with Crippen LogP contribution in [0.1, 0.15) is 25.7 Å². The normalized spacial score (nSPS) is 27.3. The average Bonchev–Trinajstić information content (AvgIpc) is 2.46. The van der Waals surface area contributed by atoms with Gasteiger partial charge in [-0.25, -0.2) is 13.1 Å². The molecule has 106 valence electrons. The maximum Gasteiger partial charge on any atom is 0.218 e. The van der Waals surface area contributed by atoms with Crippen molar-refractivity contribution in [1.29, 1.82) is 0 Å². The van der Waals surface area contributed by atoms with Crippen molar-refractivity contribution in [2.75, 3.05) is 13.1 Å². The topological polar surface area (TPSA) is 72.2 Å². The van der Waals surface area contributed by atoms with Crippen molar-refractivity contribution in [2.24, 2.45) is 11.7 Å². The largest absolute Gasteiger partial charge is 0.329 e. The Bertz CT molecular complexity index is 492. The van der Waals surface area contributed by atoms with E-state index in [0.717, 1.165) is 19.3 Å². The van der Waals surface area contributed by atoms with Crippen LogP contribution in [0.2, 0.25) is 0 Å². The maximum absolute atomic E-state index is 12.0. The van der Waals surface area contributed by atoms with Gasteiger partial charge in [-0.05, 0) is 31.3 Å². The van der Waals surface area contributed by atoms with Gasteiger partial charge in [0, 0.05) is 19.0 Å². The predicted molar refractivity (Wildman–Crippen MR) is 78.1 cm³/mol. The van der Waals surface area contributed by atoms with Crippen LogP contribution in [0.25, 0.3) is 0 Å². The van der Waals surface area contributed by atoms with Crippen LogP contribution in [0.4, 0.5) is 0 Å². The Kier molecular flexibility index (Phi) is 4.96. The van der Waals surface area contributed by atoms with E-state index in [1.54, 1.807) is 0 Å². The zero-order valence-electron chi connectivity index (χ0n) is 11.1. The van der Waals surface area contributed by atoms with E-state index in [1.807, 2.05) is 12.2 Å².